The molecule has 0 aliphatic heterocycles. The van der Waals surface area contributed by atoms with E-state index in [1.165, 1.54) is 0 Å². The van der Waals surface area contributed by atoms with Crippen LogP contribution in [-0.2, 0) is 0 Å². The molecule has 2 aromatic heterocycles. The molecule has 25 heavy (non-hydrogen) atoms. The van der Waals surface area contributed by atoms with Gasteiger partial charge in [0.15, 0.2) is 6.29 Å². The van der Waals surface area contributed by atoms with Crippen LogP contribution in [0.5, 0.6) is 11.5 Å². The number of aryl methyl sites for hydroxylation is 1. The summed E-state index contributed by atoms with van der Waals surface area (Å²) in [7, 11) is 0. The highest BCUT2D eigenvalue weighted by Gasteiger charge is 2.18. The predicted molar refractivity (Wildman–Crippen MR) is 103 cm³/mol. The quantitative estimate of drug-likeness (QED) is 0.527. The molecule has 3 aromatic rings. The monoisotopic (exact) mass is 401 g/mol. The molecule has 0 saturated carbocycles. The molecule has 130 valence electrons. The molecular weight excluding hydrogens is 382 g/mol. The van der Waals surface area contributed by atoms with E-state index in [0.717, 1.165) is 38.7 Å². The summed E-state index contributed by atoms with van der Waals surface area (Å²) in [6, 6.07) is 9.88. The first-order chi connectivity index (χ1) is 12.1. The molecule has 0 fully saturated rings. The van der Waals surface area contributed by atoms with Gasteiger partial charge in [0.05, 0.1) is 23.4 Å². The Morgan fingerprint density at radius 2 is 1.76 bits per heavy atom. The van der Waals surface area contributed by atoms with Gasteiger partial charge in [-0.05, 0) is 66.5 Å². The number of halogens is 1. The molecule has 0 bridgehead atoms. The summed E-state index contributed by atoms with van der Waals surface area (Å²) >= 11 is 3.56. The number of hydrogen-bond acceptors (Lipinski definition) is 3. The van der Waals surface area contributed by atoms with Crippen LogP contribution in [0.1, 0.15) is 29.9 Å². The number of pyridine rings is 1. The second-order valence-corrected chi connectivity index (χ2v) is 6.56. The highest BCUT2D eigenvalue weighted by Crippen LogP contribution is 2.41. The fraction of sp³-hybridized carbons (Fsp3) is 0.250. The van der Waals surface area contributed by atoms with E-state index in [0.29, 0.717) is 24.7 Å². The van der Waals surface area contributed by atoms with Crippen LogP contribution < -0.4 is 9.47 Å². The van der Waals surface area contributed by atoms with E-state index in [4.69, 9.17) is 9.47 Å². The van der Waals surface area contributed by atoms with Gasteiger partial charge in [-0.15, -0.1) is 0 Å². The number of fused-ring (bicyclic) bond motifs is 1. The van der Waals surface area contributed by atoms with Crippen molar-refractivity contribution in [1.82, 2.24) is 4.40 Å². The fourth-order valence-electron chi connectivity index (χ4n) is 2.93. The Hall–Kier alpha value is -2.27. The lowest BCUT2D eigenvalue weighted by Gasteiger charge is -2.14. The largest absolute Gasteiger partial charge is 0.493 e. The molecular formula is C20H20BrNO3. The van der Waals surface area contributed by atoms with Gasteiger partial charge in [0, 0.05) is 28.9 Å². The first-order valence-electron chi connectivity index (χ1n) is 8.25. The Balaban J connectivity index is 2.26. The summed E-state index contributed by atoms with van der Waals surface area (Å²) in [5.41, 5.74) is 4.43. The van der Waals surface area contributed by atoms with Crippen LogP contribution in [0.3, 0.4) is 0 Å². The summed E-state index contributed by atoms with van der Waals surface area (Å²) in [5.74, 6) is 1.42. The molecule has 2 heterocycles. The Morgan fingerprint density at radius 3 is 2.44 bits per heavy atom. The lowest BCUT2D eigenvalue weighted by atomic mass is 10.0. The molecule has 0 radical (unpaired) electrons. The molecule has 0 aliphatic rings. The van der Waals surface area contributed by atoms with Gasteiger partial charge in [-0.1, -0.05) is 0 Å². The molecule has 0 amide bonds. The Bertz CT molecular complexity index is 930. The molecule has 0 aliphatic carbocycles. The molecule has 3 rings (SSSR count). The second-order valence-electron chi connectivity index (χ2n) is 5.70. The van der Waals surface area contributed by atoms with Crippen molar-refractivity contribution in [2.45, 2.75) is 20.8 Å². The van der Waals surface area contributed by atoms with Crippen LogP contribution in [-0.4, -0.2) is 23.9 Å². The predicted octanol–water partition coefficient (Wildman–Crippen LogP) is 5.29. The Labute approximate surface area is 155 Å². The summed E-state index contributed by atoms with van der Waals surface area (Å²) < 4.78 is 14.2. The van der Waals surface area contributed by atoms with Crippen LogP contribution in [0.2, 0.25) is 0 Å². The average Bonchev–Trinajstić information content (AvgIpc) is 2.95. The number of aromatic nitrogens is 1. The van der Waals surface area contributed by atoms with Gasteiger partial charge >= 0.3 is 0 Å². The van der Waals surface area contributed by atoms with Gasteiger partial charge < -0.3 is 13.9 Å². The van der Waals surface area contributed by atoms with Gasteiger partial charge in [-0.2, -0.15) is 0 Å². The van der Waals surface area contributed by atoms with E-state index in [9.17, 15) is 4.79 Å². The molecule has 1 aromatic carbocycles. The van der Waals surface area contributed by atoms with E-state index in [-0.39, 0.29) is 0 Å². The van der Waals surface area contributed by atoms with Crippen LogP contribution in [0.25, 0.3) is 16.6 Å². The maximum atomic E-state index is 11.8. The second kappa shape index (κ2) is 7.31. The maximum absolute atomic E-state index is 11.8. The third-order valence-electron chi connectivity index (χ3n) is 4.00. The zero-order chi connectivity index (χ0) is 18.0. The van der Waals surface area contributed by atoms with Gasteiger partial charge in [0.1, 0.15) is 11.5 Å². The van der Waals surface area contributed by atoms with Crippen molar-refractivity contribution in [3.8, 4) is 22.6 Å². The molecule has 5 heteroatoms. The minimum atomic E-state index is 0.531. The van der Waals surface area contributed by atoms with Crippen molar-refractivity contribution >= 4 is 27.7 Å². The molecule has 0 spiro atoms. The minimum Gasteiger partial charge on any atom is -0.493 e. The first kappa shape index (κ1) is 17.5. The average molecular weight is 402 g/mol. The number of rotatable bonds is 6. The normalized spacial score (nSPS) is 10.9. The first-order valence-corrected chi connectivity index (χ1v) is 9.04. The topological polar surface area (TPSA) is 39.9 Å². The Kier molecular flexibility index (Phi) is 5.13. The SMILES string of the molecule is CCOc1cc(OCC)c(-c2cc3cc(C)ccn3c2C=O)cc1Br. The number of carbonyl (C=O) groups excluding carboxylic acids is 1. The zero-order valence-electron chi connectivity index (χ0n) is 14.5. The highest BCUT2D eigenvalue weighted by molar-refractivity contribution is 9.10. The zero-order valence-corrected chi connectivity index (χ0v) is 16.1. The number of hydrogen-bond donors (Lipinski definition) is 0. The van der Waals surface area contributed by atoms with E-state index in [2.05, 4.69) is 22.0 Å². The number of aldehydes is 1. The Morgan fingerprint density at radius 1 is 1.04 bits per heavy atom. The van der Waals surface area contributed by atoms with Crippen LogP contribution in [0.15, 0.2) is 41.0 Å². The van der Waals surface area contributed by atoms with Crippen molar-refractivity contribution in [3.63, 3.8) is 0 Å². The smallest absolute Gasteiger partial charge is 0.167 e. The van der Waals surface area contributed by atoms with E-state index >= 15 is 0 Å². The summed E-state index contributed by atoms with van der Waals surface area (Å²) in [4.78, 5) is 11.8. The number of ether oxygens (including phenoxy) is 2. The third kappa shape index (κ3) is 3.29. The summed E-state index contributed by atoms with van der Waals surface area (Å²) in [6.45, 7) is 7.01. The molecule has 0 unspecified atom stereocenters. The van der Waals surface area contributed by atoms with Crippen molar-refractivity contribution in [1.29, 1.82) is 0 Å². The summed E-state index contributed by atoms with van der Waals surface area (Å²) in [5, 5.41) is 0. The molecule has 0 atom stereocenters. The van der Waals surface area contributed by atoms with Gasteiger partial charge in [0.2, 0.25) is 0 Å². The van der Waals surface area contributed by atoms with Crippen molar-refractivity contribution in [2.75, 3.05) is 13.2 Å². The standard InChI is InChI=1S/C20H20BrNO3/c1-4-24-19-11-20(25-5-2)17(21)10-16(19)15-9-14-8-13(3)6-7-22(14)18(15)12-23/h6-12H,4-5H2,1-3H3. The van der Waals surface area contributed by atoms with Gasteiger partial charge in [-0.3, -0.25) is 4.79 Å². The lowest BCUT2D eigenvalue weighted by molar-refractivity contribution is 0.111. The van der Waals surface area contributed by atoms with Crippen molar-refractivity contribution in [3.05, 3.63) is 52.3 Å². The molecule has 4 nitrogen and oxygen atoms in total. The number of benzene rings is 1. The number of carbonyl (C=O) groups is 1. The number of nitrogens with zero attached hydrogens (tertiary/aromatic N) is 1. The van der Waals surface area contributed by atoms with Crippen LogP contribution in [0.4, 0.5) is 0 Å². The fourth-order valence-corrected chi connectivity index (χ4v) is 3.39. The highest BCUT2D eigenvalue weighted by atomic mass is 79.9. The van der Waals surface area contributed by atoms with Crippen LogP contribution in [0, 0.1) is 6.92 Å². The van der Waals surface area contributed by atoms with E-state index in [1.54, 1.807) is 0 Å². The third-order valence-corrected chi connectivity index (χ3v) is 4.62. The van der Waals surface area contributed by atoms with Gasteiger partial charge in [-0.25, -0.2) is 0 Å². The summed E-state index contributed by atoms with van der Waals surface area (Å²) in [6.07, 6.45) is 2.81. The van der Waals surface area contributed by atoms with Crippen molar-refractivity contribution in [2.24, 2.45) is 0 Å². The molecule has 0 N–H and O–H groups in total. The van der Waals surface area contributed by atoms with Crippen LogP contribution >= 0.6 is 15.9 Å². The van der Waals surface area contributed by atoms with Gasteiger partial charge in [0.25, 0.3) is 0 Å². The lowest BCUT2D eigenvalue weighted by Crippen LogP contribution is -1.99. The van der Waals surface area contributed by atoms with E-state index < -0.39 is 0 Å². The minimum absolute atomic E-state index is 0.531. The molecule has 0 saturated heterocycles. The van der Waals surface area contributed by atoms with Crippen molar-refractivity contribution < 1.29 is 14.3 Å². The van der Waals surface area contributed by atoms with E-state index in [1.807, 2.05) is 55.6 Å². The maximum Gasteiger partial charge on any atom is 0.167 e.